The van der Waals surface area contributed by atoms with Gasteiger partial charge in [0, 0.05) is 11.5 Å². The predicted molar refractivity (Wildman–Crippen MR) is 66.7 cm³/mol. The molecule has 1 aromatic carbocycles. The fraction of sp³-hybridized carbons (Fsp3) is 0.417. The fourth-order valence-electron chi connectivity index (χ4n) is 1.58. The first-order valence-electron chi connectivity index (χ1n) is 5.49. The lowest BCUT2D eigenvalue weighted by atomic mass is 10.1. The molecule has 0 aliphatic rings. The van der Waals surface area contributed by atoms with Gasteiger partial charge < -0.3 is 9.47 Å². The molecule has 0 spiro atoms. The first-order chi connectivity index (χ1) is 8.72. The van der Waals surface area contributed by atoms with E-state index >= 15 is 0 Å². The quantitative estimate of drug-likeness (QED) is 0.255. The van der Waals surface area contributed by atoms with E-state index in [9.17, 15) is 4.79 Å². The standard InChI is InChI=1S/C12H15N3O3/c1-17-11-6-5-9(4-3-7-14-15-13)8-10(11)12(16)18-2/h5-6,8H,3-4,7H2,1-2H3. The Labute approximate surface area is 105 Å². The molecule has 0 bridgehead atoms. The van der Waals surface area contributed by atoms with Gasteiger partial charge in [-0.3, -0.25) is 0 Å². The maximum absolute atomic E-state index is 11.6. The van der Waals surface area contributed by atoms with Gasteiger partial charge in [0.1, 0.15) is 11.3 Å². The van der Waals surface area contributed by atoms with Crippen molar-refractivity contribution in [3.8, 4) is 5.75 Å². The third-order valence-corrected chi connectivity index (χ3v) is 2.46. The molecule has 1 aromatic rings. The zero-order valence-corrected chi connectivity index (χ0v) is 10.4. The topological polar surface area (TPSA) is 84.3 Å². The number of rotatable bonds is 6. The second kappa shape index (κ2) is 7.19. The number of hydrogen-bond donors (Lipinski definition) is 0. The lowest BCUT2D eigenvalue weighted by Gasteiger charge is -2.08. The molecule has 0 aliphatic carbocycles. The SMILES string of the molecule is COC(=O)c1cc(CCCN=[N+]=[N-])ccc1OC. The molecule has 6 nitrogen and oxygen atoms in total. The molecule has 0 fully saturated rings. The molecule has 0 saturated heterocycles. The van der Waals surface area contributed by atoms with Crippen LogP contribution >= 0.6 is 0 Å². The van der Waals surface area contributed by atoms with Crippen molar-refractivity contribution in [2.45, 2.75) is 12.8 Å². The molecule has 0 amide bonds. The van der Waals surface area contributed by atoms with E-state index in [2.05, 4.69) is 10.0 Å². The van der Waals surface area contributed by atoms with E-state index in [0.717, 1.165) is 18.4 Å². The van der Waals surface area contributed by atoms with Gasteiger partial charge in [0.2, 0.25) is 0 Å². The van der Waals surface area contributed by atoms with Gasteiger partial charge in [0.05, 0.1) is 14.2 Å². The van der Waals surface area contributed by atoms with Crippen molar-refractivity contribution in [3.63, 3.8) is 0 Å². The molecule has 0 heterocycles. The van der Waals surface area contributed by atoms with E-state index in [-0.39, 0.29) is 0 Å². The fourth-order valence-corrected chi connectivity index (χ4v) is 1.58. The van der Waals surface area contributed by atoms with Crippen LogP contribution in [0.25, 0.3) is 10.4 Å². The molecule has 96 valence electrons. The highest BCUT2D eigenvalue weighted by Gasteiger charge is 2.13. The minimum Gasteiger partial charge on any atom is -0.496 e. The zero-order chi connectivity index (χ0) is 13.4. The summed E-state index contributed by atoms with van der Waals surface area (Å²) in [4.78, 5) is 14.2. The van der Waals surface area contributed by atoms with Crippen molar-refractivity contribution in [3.05, 3.63) is 39.8 Å². The van der Waals surface area contributed by atoms with Crippen molar-refractivity contribution < 1.29 is 14.3 Å². The van der Waals surface area contributed by atoms with Crippen LogP contribution in [0.15, 0.2) is 23.3 Å². The Morgan fingerprint density at radius 3 is 2.83 bits per heavy atom. The number of nitrogens with zero attached hydrogens (tertiary/aromatic N) is 3. The Balaban J connectivity index is 2.82. The van der Waals surface area contributed by atoms with Gasteiger partial charge in [-0.1, -0.05) is 11.2 Å². The van der Waals surface area contributed by atoms with Gasteiger partial charge in [-0.05, 0) is 36.1 Å². The highest BCUT2D eigenvalue weighted by Crippen LogP contribution is 2.21. The van der Waals surface area contributed by atoms with Crippen LogP contribution in [0, 0.1) is 0 Å². The van der Waals surface area contributed by atoms with Crippen LogP contribution in [0.5, 0.6) is 5.75 Å². The number of carbonyl (C=O) groups excluding carboxylic acids is 1. The molecular formula is C12H15N3O3. The normalized spacial score (nSPS) is 9.44. The van der Waals surface area contributed by atoms with E-state index in [1.165, 1.54) is 14.2 Å². The number of esters is 1. The van der Waals surface area contributed by atoms with Gasteiger partial charge >= 0.3 is 5.97 Å². The van der Waals surface area contributed by atoms with E-state index < -0.39 is 5.97 Å². The van der Waals surface area contributed by atoms with Crippen molar-refractivity contribution in [1.82, 2.24) is 0 Å². The van der Waals surface area contributed by atoms with E-state index in [1.807, 2.05) is 6.07 Å². The Kier molecular flexibility index (Phi) is 5.54. The average Bonchev–Trinajstić information content (AvgIpc) is 2.42. The summed E-state index contributed by atoms with van der Waals surface area (Å²) in [6, 6.07) is 5.34. The lowest BCUT2D eigenvalue weighted by Crippen LogP contribution is -2.05. The van der Waals surface area contributed by atoms with Crippen LogP contribution in [0.1, 0.15) is 22.3 Å². The Morgan fingerprint density at radius 1 is 1.44 bits per heavy atom. The number of carbonyl (C=O) groups is 1. The van der Waals surface area contributed by atoms with Crippen LogP contribution in [0.3, 0.4) is 0 Å². The molecule has 1 rings (SSSR count). The second-order valence-electron chi connectivity index (χ2n) is 3.58. The summed E-state index contributed by atoms with van der Waals surface area (Å²) in [7, 11) is 2.83. The van der Waals surface area contributed by atoms with Crippen LogP contribution in [0.2, 0.25) is 0 Å². The summed E-state index contributed by atoms with van der Waals surface area (Å²) in [5.74, 6) is 0.0596. The summed E-state index contributed by atoms with van der Waals surface area (Å²) in [6.07, 6.45) is 1.46. The first-order valence-corrected chi connectivity index (χ1v) is 5.49. The molecule has 0 saturated carbocycles. The Bertz CT molecular complexity index is 468. The summed E-state index contributed by atoms with van der Waals surface area (Å²) in [6.45, 7) is 0.441. The van der Waals surface area contributed by atoms with E-state index in [0.29, 0.717) is 17.9 Å². The Morgan fingerprint density at radius 2 is 2.22 bits per heavy atom. The molecular weight excluding hydrogens is 234 g/mol. The number of benzene rings is 1. The Hall–Kier alpha value is -2.20. The largest absolute Gasteiger partial charge is 0.496 e. The molecule has 0 aliphatic heterocycles. The van der Waals surface area contributed by atoms with Crippen molar-refractivity contribution >= 4 is 5.97 Å². The number of ether oxygens (including phenoxy) is 2. The highest BCUT2D eigenvalue weighted by atomic mass is 16.5. The maximum Gasteiger partial charge on any atom is 0.341 e. The van der Waals surface area contributed by atoms with Crippen molar-refractivity contribution in [2.24, 2.45) is 5.11 Å². The number of aryl methyl sites for hydroxylation is 1. The van der Waals surface area contributed by atoms with Crippen LogP contribution in [0.4, 0.5) is 0 Å². The summed E-state index contributed by atoms with van der Waals surface area (Å²) in [5, 5.41) is 3.46. The summed E-state index contributed by atoms with van der Waals surface area (Å²) >= 11 is 0. The third-order valence-electron chi connectivity index (χ3n) is 2.46. The molecule has 0 radical (unpaired) electrons. The molecule has 0 N–H and O–H groups in total. The molecule has 0 atom stereocenters. The number of azide groups is 1. The van der Waals surface area contributed by atoms with Gasteiger partial charge in [0.25, 0.3) is 0 Å². The first kappa shape index (κ1) is 13.9. The lowest BCUT2D eigenvalue weighted by molar-refractivity contribution is 0.0597. The smallest absolute Gasteiger partial charge is 0.341 e. The van der Waals surface area contributed by atoms with Crippen LogP contribution in [-0.4, -0.2) is 26.7 Å². The number of hydrogen-bond acceptors (Lipinski definition) is 4. The molecule has 18 heavy (non-hydrogen) atoms. The summed E-state index contributed by atoms with van der Waals surface area (Å²) < 4.78 is 9.79. The van der Waals surface area contributed by atoms with Gasteiger partial charge in [0.15, 0.2) is 0 Å². The van der Waals surface area contributed by atoms with Crippen LogP contribution < -0.4 is 4.74 Å². The molecule has 6 heteroatoms. The minimum absolute atomic E-state index is 0.404. The second-order valence-corrected chi connectivity index (χ2v) is 3.58. The van der Waals surface area contributed by atoms with E-state index in [1.54, 1.807) is 12.1 Å². The molecule has 0 aromatic heterocycles. The third kappa shape index (κ3) is 3.68. The maximum atomic E-state index is 11.6. The van der Waals surface area contributed by atoms with E-state index in [4.69, 9.17) is 15.0 Å². The summed E-state index contributed by atoms with van der Waals surface area (Å²) in [5.41, 5.74) is 9.54. The van der Waals surface area contributed by atoms with Gasteiger partial charge in [-0.25, -0.2) is 4.79 Å². The average molecular weight is 249 g/mol. The van der Waals surface area contributed by atoms with Gasteiger partial charge in [-0.2, -0.15) is 0 Å². The predicted octanol–water partition coefficient (Wildman–Crippen LogP) is 2.72. The number of methoxy groups -OCH3 is 2. The van der Waals surface area contributed by atoms with Crippen molar-refractivity contribution in [2.75, 3.05) is 20.8 Å². The zero-order valence-electron chi connectivity index (χ0n) is 10.4. The van der Waals surface area contributed by atoms with Gasteiger partial charge in [-0.15, -0.1) is 0 Å². The highest BCUT2D eigenvalue weighted by molar-refractivity contribution is 5.92. The van der Waals surface area contributed by atoms with Crippen molar-refractivity contribution in [1.29, 1.82) is 0 Å². The minimum atomic E-state index is -0.427. The van der Waals surface area contributed by atoms with Crippen LogP contribution in [-0.2, 0) is 11.2 Å². The monoisotopic (exact) mass is 249 g/mol. The molecule has 0 unspecified atom stereocenters.